The van der Waals surface area contributed by atoms with Crippen molar-refractivity contribution in [1.29, 1.82) is 0 Å². The number of hydrogen-bond donors (Lipinski definition) is 0. The maximum absolute atomic E-state index is 14.2. The average molecular weight is 250 g/mol. The molecule has 0 bridgehead atoms. The molecular weight excluding hydrogens is 231 g/mol. The van der Waals surface area contributed by atoms with Crippen LogP contribution in [-0.2, 0) is 9.53 Å². The second kappa shape index (κ2) is 6.34. The Morgan fingerprint density at radius 1 is 1.39 bits per heavy atom. The first kappa shape index (κ1) is 14.4. The van der Waals surface area contributed by atoms with E-state index < -0.39 is 12.1 Å². The lowest BCUT2D eigenvalue weighted by atomic mass is 10.00. The Labute approximate surface area is 107 Å². The number of carbonyl (C=O) groups excluding carboxylic acids is 1. The fourth-order valence-corrected chi connectivity index (χ4v) is 1.50. The van der Waals surface area contributed by atoms with Crippen LogP contribution in [0.15, 0.2) is 36.4 Å². The van der Waals surface area contributed by atoms with Crippen molar-refractivity contribution in [2.24, 2.45) is 5.92 Å². The summed E-state index contributed by atoms with van der Waals surface area (Å²) in [6.07, 6.45) is -1.51. The minimum atomic E-state index is -1.51. The molecule has 0 aromatic heterocycles. The van der Waals surface area contributed by atoms with Gasteiger partial charge in [0.2, 0.25) is 0 Å². The number of carbonyl (C=O) groups is 1. The van der Waals surface area contributed by atoms with Crippen molar-refractivity contribution in [2.75, 3.05) is 6.61 Å². The van der Waals surface area contributed by atoms with Gasteiger partial charge in [-0.1, -0.05) is 44.7 Å². The van der Waals surface area contributed by atoms with E-state index in [0.29, 0.717) is 5.56 Å². The van der Waals surface area contributed by atoms with Gasteiger partial charge in [-0.05, 0) is 24.0 Å². The predicted molar refractivity (Wildman–Crippen MR) is 70.0 cm³/mol. The molecule has 0 heterocycles. The highest BCUT2D eigenvalue weighted by atomic mass is 19.1. The molecule has 1 unspecified atom stereocenters. The van der Waals surface area contributed by atoms with E-state index in [1.54, 1.807) is 25.1 Å². The lowest BCUT2D eigenvalue weighted by Crippen LogP contribution is -2.15. The van der Waals surface area contributed by atoms with Crippen LogP contribution in [0.3, 0.4) is 0 Å². The number of esters is 1. The molecule has 0 aliphatic rings. The molecule has 0 saturated carbocycles. The zero-order valence-electron chi connectivity index (χ0n) is 11.1. The summed E-state index contributed by atoms with van der Waals surface area (Å²) in [5, 5.41) is 0. The van der Waals surface area contributed by atoms with Gasteiger partial charge in [0, 0.05) is 0 Å². The molecular formula is C15H19FO2. The van der Waals surface area contributed by atoms with Crippen molar-refractivity contribution in [2.45, 2.75) is 26.9 Å². The van der Waals surface area contributed by atoms with Gasteiger partial charge in [0.25, 0.3) is 0 Å². The van der Waals surface area contributed by atoms with Crippen molar-refractivity contribution in [3.8, 4) is 0 Å². The predicted octanol–water partition coefficient (Wildman–Crippen LogP) is 3.76. The normalized spacial score (nSPS) is 12.3. The molecule has 0 radical (unpaired) electrons. The zero-order valence-corrected chi connectivity index (χ0v) is 11.1. The fraction of sp³-hybridized carbons (Fsp3) is 0.400. The molecule has 1 atom stereocenters. The van der Waals surface area contributed by atoms with Crippen LogP contribution in [-0.4, -0.2) is 12.6 Å². The lowest BCUT2D eigenvalue weighted by molar-refractivity contribution is -0.140. The monoisotopic (exact) mass is 250 g/mol. The third-order valence-corrected chi connectivity index (χ3v) is 2.58. The van der Waals surface area contributed by atoms with E-state index in [1.165, 1.54) is 0 Å². The fourth-order valence-electron chi connectivity index (χ4n) is 1.50. The minimum Gasteiger partial charge on any atom is -0.462 e. The summed E-state index contributed by atoms with van der Waals surface area (Å²) >= 11 is 0. The maximum Gasteiger partial charge on any atom is 0.336 e. The van der Waals surface area contributed by atoms with E-state index in [2.05, 4.69) is 6.58 Å². The SMILES string of the molecule is C=C(C(=O)OCC(C)C)C(F)c1ccccc1C. The van der Waals surface area contributed by atoms with Gasteiger partial charge < -0.3 is 4.74 Å². The molecule has 1 aromatic carbocycles. The largest absolute Gasteiger partial charge is 0.462 e. The molecule has 3 heteroatoms. The standard InChI is InChI=1S/C15H19FO2/c1-10(2)9-18-15(17)12(4)14(16)13-8-6-5-7-11(13)3/h5-8,10,14H,4,9H2,1-3H3. The van der Waals surface area contributed by atoms with Gasteiger partial charge in [-0.3, -0.25) is 0 Å². The number of alkyl halides is 1. The van der Waals surface area contributed by atoms with Crippen LogP contribution in [0.4, 0.5) is 4.39 Å². The summed E-state index contributed by atoms with van der Waals surface area (Å²) in [4.78, 5) is 11.6. The highest BCUT2D eigenvalue weighted by Crippen LogP contribution is 2.28. The summed E-state index contributed by atoms with van der Waals surface area (Å²) in [6, 6.07) is 7.02. The molecule has 0 spiro atoms. The molecule has 1 rings (SSSR count). The van der Waals surface area contributed by atoms with Crippen molar-refractivity contribution < 1.29 is 13.9 Å². The molecule has 18 heavy (non-hydrogen) atoms. The molecule has 0 N–H and O–H groups in total. The quantitative estimate of drug-likeness (QED) is 0.587. The summed E-state index contributed by atoms with van der Waals surface area (Å²) in [5.74, 6) is -0.447. The van der Waals surface area contributed by atoms with Crippen LogP contribution in [0.25, 0.3) is 0 Å². The molecule has 98 valence electrons. The molecule has 0 saturated heterocycles. The second-order valence-corrected chi connectivity index (χ2v) is 4.74. The third-order valence-electron chi connectivity index (χ3n) is 2.58. The Balaban J connectivity index is 2.72. The number of benzene rings is 1. The van der Waals surface area contributed by atoms with Gasteiger partial charge >= 0.3 is 5.97 Å². The van der Waals surface area contributed by atoms with Gasteiger partial charge in [-0.2, -0.15) is 0 Å². The Hall–Kier alpha value is -1.64. The van der Waals surface area contributed by atoms with Crippen LogP contribution in [0.1, 0.15) is 31.1 Å². The summed E-state index contributed by atoms with van der Waals surface area (Å²) in [5.41, 5.74) is 1.11. The van der Waals surface area contributed by atoms with E-state index in [0.717, 1.165) is 5.56 Å². The maximum atomic E-state index is 14.2. The summed E-state index contributed by atoms with van der Waals surface area (Å²) < 4.78 is 19.1. The topological polar surface area (TPSA) is 26.3 Å². The lowest BCUT2D eigenvalue weighted by Gasteiger charge is -2.14. The van der Waals surface area contributed by atoms with Crippen LogP contribution >= 0.6 is 0 Å². The van der Waals surface area contributed by atoms with E-state index in [1.807, 2.05) is 19.9 Å². The van der Waals surface area contributed by atoms with E-state index in [-0.39, 0.29) is 18.1 Å². The molecule has 1 aromatic rings. The van der Waals surface area contributed by atoms with Gasteiger partial charge in [-0.25, -0.2) is 9.18 Å². The van der Waals surface area contributed by atoms with Crippen molar-refractivity contribution in [1.82, 2.24) is 0 Å². The Morgan fingerprint density at radius 2 is 2.00 bits per heavy atom. The Bertz CT molecular complexity index is 438. The first-order chi connectivity index (χ1) is 8.43. The third kappa shape index (κ3) is 3.69. The summed E-state index contributed by atoms with van der Waals surface area (Å²) in [6.45, 7) is 9.42. The molecule has 0 fully saturated rings. The van der Waals surface area contributed by atoms with Crippen molar-refractivity contribution in [3.63, 3.8) is 0 Å². The number of rotatable bonds is 5. The number of hydrogen-bond acceptors (Lipinski definition) is 2. The molecule has 0 aliphatic carbocycles. The number of halogens is 1. The molecule has 0 amide bonds. The average Bonchev–Trinajstić information content (AvgIpc) is 2.34. The Morgan fingerprint density at radius 3 is 2.56 bits per heavy atom. The van der Waals surface area contributed by atoms with Gasteiger partial charge in [0.15, 0.2) is 6.17 Å². The van der Waals surface area contributed by atoms with Crippen LogP contribution in [0.5, 0.6) is 0 Å². The van der Waals surface area contributed by atoms with Crippen LogP contribution in [0.2, 0.25) is 0 Å². The van der Waals surface area contributed by atoms with E-state index in [4.69, 9.17) is 4.74 Å². The summed E-state index contributed by atoms with van der Waals surface area (Å²) in [7, 11) is 0. The van der Waals surface area contributed by atoms with Crippen molar-refractivity contribution in [3.05, 3.63) is 47.5 Å². The molecule has 2 nitrogen and oxygen atoms in total. The van der Waals surface area contributed by atoms with Gasteiger partial charge in [0.1, 0.15) is 0 Å². The number of ether oxygens (including phenoxy) is 1. The first-order valence-electron chi connectivity index (χ1n) is 5.99. The van der Waals surface area contributed by atoms with E-state index in [9.17, 15) is 9.18 Å². The van der Waals surface area contributed by atoms with Crippen molar-refractivity contribution >= 4 is 5.97 Å². The van der Waals surface area contributed by atoms with E-state index >= 15 is 0 Å². The van der Waals surface area contributed by atoms with Gasteiger partial charge in [0.05, 0.1) is 12.2 Å². The molecule has 0 aliphatic heterocycles. The highest BCUT2D eigenvalue weighted by molar-refractivity contribution is 5.89. The highest BCUT2D eigenvalue weighted by Gasteiger charge is 2.22. The minimum absolute atomic E-state index is 0.148. The zero-order chi connectivity index (χ0) is 13.7. The number of aryl methyl sites for hydroxylation is 1. The first-order valence-corrected chi connectivity index (χ1v) is 5.99. The second-order valence-electron chi connectivity index (χ2n) is 4.74. The van der Waals surface area contributed by atoms with Gasteiger partial charge in [-0.15, -0.1) is 0 Å². The van der Waals surface area contributed by atoms with Crippen LogP contribution < -0.4 is 0 Å². The van der Waals surface area contributed by atoms with Crippen LogP contribution in [0, 0.1) is 12.8 Å². The smallest absolute Gasteiger partial charge is 0.336 e. The Kier molecular flexibility index (Phi) is 5.08.